The highest BCUT2D eigenvalue weighted by Gasteiger charge is 2.22. The first kappa shape index (κ1) is 40.7. The Morgan fingerprint density at radius 3 is 2.00 bits per heavy atom. The number of hydrogen-bond acceptors (Lipinski definition) is 7. The van der Waals surface area contributed by atoms with E-state index in [1.54, 1.807) is 24.3 Å². The number of nitro groups is 1. The van der Waals surface area contributed by atoms with Crippen LogP contribution in [-0.2, 0) is 0 Å². The molecule has 0 bridgehead atoms. The Hall–Kier alpha value is -4.08. The van der Waals surface area contributed by atoms with Crippen molar-refractivity contribution in [3.8, 4) is 5.88 Å². The molecule has 0 aliphatic carbocycles. The summed E-state index contributed by atoms with van der Waals surface area (Å²) < 4.78 is 0. The van der Waals surface area contributed by atoms with Crippen LogP contribution in [0.5, 0.6) is 5.88 Å². The number of aromatic nitrogens is 1. The van der Waals surface area contributed by atoms with Crippen molar-refractivity contribution in [3.05, 3.63) is 86.9 Å². The van der Waals surface area contributed by atoms with Gasteiger partial charge in [0, 0.05) is 40.8 Å². The van der Waals surface area contributed by atoms with Crippen LogP contribution >= 0.6 is 11.6 Å². The molecule has 4 aromatic rings. The van der Waals surface area contributed by atoms with Crippen LogP contribution in [0.2, 0.25) is 5.02 Å². The number of rotatable bonds is 24. The number of aliphatic imine (C=N–C) groups is 1. The van der Waals surface area contributed by atoms with Gasteiger partial charge in [-0.1, -0.05) is 114 Å². The maximum absolute atomic E-state index is 11.8. The van der Waals surface area contributed by atoms with Crippen LogP contribution in [0.25, 0.3) is 10.9 Å². The Kier molecular flexibility index (Phi) is 16.8. The molecule has 4 rings (SSSR count). The van der Waals surface area contributed by atoms with E-state index >= 15 is 0 Å². The highest BCUT2D eigenvalue weighted by molar-refractivity contribution is 6.31. The first-order valence-corrected chi connectivity index (χ1v) is 19.7. The molecule has 0 amide bonds. The number of unbranched alkanes of at least 4 members (excludes halogenated alkanes) is 13. The SMILES string of the molecule is CCCCCCCCCCCCCCCCN(CCCN(C)C)c1ccc(N=C(c2ccc(N)c([N+](=O)[O-])c2)c2c(O)[nH]c3cc(Cl)ccc23)cc1. The van der Waals surface area contributed by atoms with Gasteiger partial charge in [-0.2, -0.15) is 0 Å². The second-order valence-corrected chi connectivity index (χ2v) is 14.7. The zero-order valence-electron chi connectivity index (χ0n) is 31.5. The van der Waals surface area contributed by atoms with Gasteiger partial charge in [0.1, 0.15) is 5.69 Å². The summed E-state index contributed by atoms with van der Waals surface area (Å²) in [6, 6.07) is 18.0. The van der Waals surface area contributed by atoms with E-state index in [0.717, 1.165) is 38.2 Å². The minimum absolute atomic E-state index is 0.0561. The first-order chi connectivity index (χ1) is 25.2. The molecule has 0 fully saturated rings. The average molecular weight is 731 g/mol. The van der Waals surface area contributed by atoms with Gasteiger partial charge in [0.2, 0.25) is 0 Å². The zero-order chi connectivity index (χ0) is 37.3. The number of nitrogens with one attached hydrogen (secondary N) is 1. The fraction of sp³-hybridized carbons (Fsp3) is 0.500. The van der Waals surface area contributed by atoms with Crippen molar-refractivity contribution in [2.24, 2.45) is 4.99 Å². The molecule has 0 atom stereocenters. The molecule has 0 saturated heterocycles. The smallest absolute Gasteiger partial charge is 0.292 e. The van der Waals surface area contributed by atoms with E-state index in [9.17, 15) is 15.2 Å². The fourth-order valence-corrected chi connectivity index (χ4v) is 6.99. The zero-order valence-corrected chi connectivity index (χ0v) is 32.3. The van der Waals surface area contributed by atoms with Crippen LogP contribution < -0.4 is 10.6 Å². The third kappa shape index (κ3) is 12.6. The Morgan fingerprint density at radius 1 is 0.808 bits per heavy atom. The van der Waals surface area contributed by atoms with Gasteiger partial charge >= 0.3 is 0 Å². The summed E-state index contributed by atoms with van der Waals surface area (Å²) in [5, 5.41) is 24.1. The van der Waals surface area contributed by atoms with Crippen LogP contribution in [0.1, 0.15) is 114 Å². The third-order valence-corrected chi connectivity index (χ3v) is 9.98. The van der Waals surface area contributed by atoms with E-state index in [1.165, 1.54) is 95.6 Å². The molecule has 0 aliphatic heterocycles. The number of nitrogens with zero attached hydrogens (tertiary/aromatic N) is 4. The summed E-state index contributed by atoms with van der Waals surface area (Å²) in [6.07, 6.45) is 19.9. The van der Waals surface area contributed by atoms with Gasteiger partial charge in [-0.3, -0.25) is 10.1 Å². The number of nitrogen functional groups attached to an aromatic ring is 1. The van der Waals surface area contributed by atoms with Crippen LogP contribution in [0.3, 0.4) is 0 Å². The Morgan fingerprint density at radius 2 is 1.40 bits per heavy atom. The van der Waals surface area contributed by atoms with Gasteiger partial charge < -0.3 is 25.6 Å². The topological polar surface area (TPSA) is 124 Å². The second kappa shape index (κ2) is 21.4. The standard InChI is InChI=1S/C42H59ClN6O3/c1-4-5-6-7-8-9-10-11-12-13-14-15-16-17-28-48(29-18-27-47(2)3)35-23-21-34(22-24-35)45-41(32-19-26-37(44)39(30-32)49(51)52)40-36-25-20-33(43)31-38(36)46-42(40)50/h19-26,30-31,46,50H,4-18,27-29,44H2,1-3H3. The van der Waals surface area contributed by atoms with Crippen molar-refractivity contribution in [1.82, 2.24) is 9.88 Å². The van der Waals surface area contributed by atoms with Crippen molar-refractivity contribution >= 4 is 51.0 Å². The molecule has 10 heteroatoms. The lowest BCUT2D eigenvalue weighted by Crippen LogP contribution is -2.28. The molecule has 9 nitrogen and oxygen atoms in total. The molecule has 0 radical (unpaired) electrons. The number of H-pyrrole nitrogens is 1. The van der Waals surface area contributed by atoms with Gasteiger partial charge in [-0.15, -0.1) is 0 Å². The van der Waals surface area contributed by atoms with Gasteiger partial charge in [0.15, 0.2) is 5.88 Å². The number of aromatic hydroxyl groups is 1. The number of anilines is 2. The van der Waals surface area contributed by atoms with Crippen molar-refractivity contribution in [3.63, 3.8) is 0 Å². The lowest BCUT2D eigenvalue weighted by molar-refractivity contribution is -0.383. The summed E-state index contributed by atoms with van der Waals surface area (Å²) in [4.78, 5) is 23.9. The molecule has 0 saturated carbocycles. The Bertz CT molecular complexity index is 1720. The van der Waals surface area contributed by atoms with E-state index in [1.807, 2.05) is 12.1 Å². The molecule has 1 heterocycles. The number of nitro benzene ring substituents is 1. The normalized spacial score (nSPS) is 11.9. The van der Waals surface area contributed by atoms with Crippen LogP contribution in [0.4, 0.5) is 22.7 Å². The molecule has 4 N–H and O–H groups in total. The molecule has 3 aromatic carbocycles. The molecule has 1 aromatic heterocycles. The molecule has 282 valence electrons. The maximum atomic E-state index is 11.8. The Labute approximate surface area is 315 Å². The van der Waals surface area contributed by atoms with E-state index in [4.69, 9.17) is 22.3 Å². The van der Waals surface area contributed by atoms with E-state index in [2.05, 4.69) is 47.9 Å². The summed E-state index contributed by atoms with van der Waals surface area (Å²) in [5.41, 5.74) is 9.47. The summed E-state index contributed by atoms with van der Waals surface area (Å²) in [5.74, 6) is -0.104. The minimum atomic E-state index is -0.511. The summed E-state index contributed by atoms with van der Waals surface area (Å²) >= 11 is 6.23. The van der Waals surface area contributed by atoms with E-state index in [0.29, 0.717) is 38.5 Å². The van der Waals surface area contributed by atoms with Crippen LogP contribution in [-0.4, -0.2) is 59.4 Å². The largest absolute Gasteiger partial charge is 0.494 e. The predicted molar refractivity (Wildman–Crippen MR) is 220 cm³/mol. The highest BCUT2D eigenvalue weighted by Crippen LogP contribution is 2.35. The number of hydrogen-bond donors (Lipinski definition) is 3. The molecule has 0 aliphatic rings. The molecule has 0 unspecified atom stereocenters. The quantitative estimate of drug-likeness (QED) is 0.0217. The second-order valence-electron chi connectivity index (χ2n) is 14.3. The van der Waals surface area contributed by atoms with Gasteiger partial charge in [0.05, 0.1) is 27.4 Å². The van der Waals surface area contributed by atoms with Gasteiger partial charge in [-0.05, 0) is 75.9 Å². The summed E-state index contributed by atoms with van der Waals surface area (Å²) in [6.45, 7) is 5.26. The monoisotopic (exact) mass is 730 g/mol. The number of fused-ring (bicyclic) bond motifs is 1. The molecular formula is C42H59ClN6O3. The van der Waals surface area contributed by atoms with Gasteiger partial charge in [-0.25, -0.2) is 4.99 Å². The number of halogens is 1. The van der Waals surface area contributed by atoms with Crippen LogP contribution in [0.15, 0.2) is 65.7 Å². The third-order valence-electron chi connectivity index (χ3n) is 9.75. The Balaban J connectivity index is 1.44. The number of nitrogens with two attached hydrogens (primary N) is 1. The lowest BCUT2D eigenvalue weighted by atomic mass is 9.99. The van der Waals surface area contributed by atoms with E-state index < -0.39 is 4.92 Å². The van der Waals surface area contributed by atoms with Crippen molar-refractivity contribution in [1.29, 1.82) is 0 Å². The maximum Gasteiger partial charge on any atom is 0.292 e. The molecular weight excluding hydrogens is 672 g/mol. The molecule has 52 heavy (non-hydrogen) atoms. The summed E-state index contributed by atoms with van der Waals surface area (Å²) in [7, 11) is 4.22. The van der Waals surface area contributed by atoms with Crippen LogP contribution in [0, 0.1) is 10.1 Å². The van der Waals surface area contributed by atoms with Crippen molar-refractivity contribution in [2.75, 3.05) is 44.4 Å². The minimum Gasteiger partial charge on any atom is -0.494 e. The van der Waals surface area contributed by atoms with Gasteiger partial charge in [0.25, 0.3) is 5.69 Å². The number of benzene rings is 3. The average Bonchev–Trinajstić information content (AvgIpc) is 3.44. The highest BCUT2D eigenvalue weighted by atomic mass is 35.5. The van der Waals surface area contributed by atoms with E-state index in [-0.39, 0.29) is 17.3 Å². The molecule has 0 spiro atoms. The number of aromatic amines is 1. The first-order valence-electron chi connectivity index (χ1n) is 19.3. The van der Waals surface area contributed by atoms with Crippen molar-refractivity contribution in [2.45, 2.75) is 103 Å². The lowest BCUT2D eigenvalue weighted by Gasteiger charge is -2.26. The van der Waals surface area contributed by atoms with Crippen molar-refractivity contribution < 1.29 is 10.0 Å². The predicted octanol–water partition coefficient (Wildman–Crippen LogP) is 11.4. The fourth-order valence-electron chi connectivity index (χ4n) is 6.82.